The van der Waals surface area contributed by atoms with Gasteiger partial charge in [-0.1, -0.05) is 26.7 Å². The molecule has 5 nitrogen and oxygen atoms in total. The summed E-state index contributed by atoms with van der Waals surface area (Å²) in [7, 11) is 0. The van der Waals surface area contributed by atoms with E-state index in [1.165, 1.54) is 12.8 Å². The van der Waals surface area contributed by atoms with E-state index in [1.807, 2.05) is 4.90 Å². The number of amides is 2. The molecule has 0 radical (unpaired) electrons. The van der Waals surface area contributed by atoms with E-state index in [0.717, 1.165) is 25.8 Å². The van der Waals surface area contributed by atoms with Crippen LogP contribution in [-0.4, -0.2) is 60.8 Å². The Bertz CT molecular complexity index is 344. The highest BCUT2D eigenvalue weighted by Gasteiger charge is 2.42. The van der Waals surface area contributed by atoms with Gasteiger partial charge in [0.25, 0.3) is 0 Å². The fourth-order valence-electron chi connectivity index (χ4n) is 3.86. The van der Waals surface area contributed by atoms with Gasteiger partial charge in [-0.05, 0) is 25.2 Å². The molecule has 1 aliphatic carbocycles. The second kappa shape index (κ2) is 7.45. The fraction of sp³-hybridized carbons (Fsp3) is 0.938. The summed E-state index contributed by atoms with van der Waals surface area (Å²) in [5, 5.41) is 0. The summed E-state index contributed by atoms with van der Waals surface area (Å²) in [4.78, 5) is 17.0. The molecule has 0 aromatic heterocycles. The quantitative estimate of drug-likeness (QED) is 0.864. The zero-order valence-electron chi connectivity index (χ0n) is 13.6. The van der Waals surface area contributed by atoms with Crippen LogP contribution in [0.25, 0.3) is 0 Å². The molecule has 2 unspecified atom stereocenters. The van der Waals surface area contributed by atoms with E-state index in [2.05, 4.69) is 18.7 Å². The van der Waals surface area contributed by atoms with E-state index in [0.29, 0.717) is 38.8 Å². The number of carbonyl (C=O) groups is 1. The molecule has 1 heterocycles. The third-order valence-electron chi connectivity index (χ3n) is 4.98. The predicted octanol–water partition coefficient (Wildman–Crippen LogP) is 2.06. The number of rotatable bonds is 4. The van der Waals surface area contributed by atoms with E-state index in [1.54, 1.807) is 0 Å². The van der Waals surface area contributed by atoms with Crippen LogP contribution in [0, 0.1) is 5.92 Å². The Balaban J connectivity index is 2.16. The molecular weight excluding hydrogens is 266 g/mol. The molecule has 1 saturated carbocycles. The third-order valence-corrected chi connectivity index (χ3v) is 4.98. The van der Waals surface area contributed by atoms with Gasteiger partial charge in [-0.3, -0.25) is 0 Å². The maximum atomic E-state index is 13.0. The van der Waals surface area contributed by atoms with Gasteiger partial charge in [0.1, 0.15) is 0 Å². The van der Waals surface area contributed by atoms with Gasteiger partial charge >= 0.3 is 6.03 Å². The third kappa shape index (κ3) is 3.69. The molecule has 0 aromatic rings. The van der Waals surface area contributed by atoms with Gasteiger partial charge in [0.2, 0.25) is 0 Å². The molecule has 1 saturated heterocycles. The van der Waals surface area contributed by atoms with E-state index >= 15 is 0 Å². The number of urea groups is 1. The minimum Gasteiger partial charge on any atom is -0.378 e. The van der Waals surface area contributed by atoms with Gasteiger partial charge in [0.15, 0.2) is 0 Å². The van der Waals surface area contributed by atoms with Crippen LogP contribution in [0.3, 0.4) is 0 Å². The smallest absolute Gasteiger partial charge is 0.320 e. The lowest BCUT2D eigenvalue weighted by atomic mass is 9.75. The molecule has 2 rings (SSSR count). The van der Waals surface area contributed by atoms with Crippen molar-refractivity contribution in [3.8, 4) is 0 Å². The van der Waals surface area contributed by atoms with Crippen LogP contribution in [0.2, 0.25) is 0 Å². The Morgan fingerprint density at radius 2 is 2.14 bits per heavy atom. The second-order valence-electron chi connectivity index (χ2n) is 6.66. The van der Waals surface area contributed by atoms with Gasteiger partial charge < -0.3 is 20.3 Å². The molecule has 2 amide bonds. The van der Waals surface area contributed by atoms with Crippen LogP contribution < -0.4 is 5.73 Å². The highest BCUT2D eigenvalue weighted by molar-refractivity contribution is 5.75. The Kier molecular flexibility index (Phi) is 5.88. The molecular formula is C16H31N3O2. The fourth-order valence-corrected chi connectivity index (χ4v) is 3.86. The van der Waals surface area contributed by atoms with Gasteiger partial charge in [-0.25, -0.2) is 4.79 Å². The Labute approximate surface area is 128 Å². The maximum Gasteiger partial charge on any atom is 0.320 e. The Morgan fingerprint density at radius 1 is 1.43 bits per heavy atom. The van der Waals surface area contributed by atoms with Crippen LogP contribution in [0.1, 0.15) is 46.0 Å². The summed E-state index contributed by atoms with van der Waals surface area (Å²) < 4.78 is 5.37. The lowest BCUT2D eigenvalue weighted by Crippen LogP contribution is -2.62. The predicted molar refractivity (Wildman–Crippen MR) is 84.2 cm³/mol. The maximum absolute atomic E-state index is 13.0. The molecule has 0 aromatic carbocycles. The standard InChI is InChI=1S/C16H31N3O2/c1-3-7-19(15(20)18-8-10-21-11-9-18)16(13-17)6-4-5-14(2)12-16/h14H,3-13,17H2,1-2H3. The van der Waals surface area contributed by atoms with E-state index < -0.39 is 0 Å². The number of carbonyl (C=O) groups excluding carboxylic acids is 1. The number of ether oxygens (including phenoxy) is 1. The zero-order valence-corrected chi connectivity index (χ0v) is 13.6. The topological polar surface area (TPSA) is 58.8 Å². The lowest BCUT2D eigenvalue weighted by molar-refractivity contribution is 0.0145. The van der Waals surface area contributed by atoms with Crippen LogP contribution in [0.5, 0.6) is 0 Å². The number of hydrogen-bond donors (Lipinski definition) is 1. The molecule has 0 spiro atoms. The summed E-state index contributed by atoms with van der Waals surface area (Å²) in [5.74, 6) is 0.652. The van der Waals surface area contributed by atoms with Crippen LogP contribution in [0.15, 0.2) is 0 Å². The van der Waals surface area contributed by atoms with Crippen molar-refractivity contribution in [3.63, 3.8) is 0 Å². The first-order chi connectivity index (χ1) is 10.1. The van der Waals surface area contributed by atoms with Crippen molar-refractivity contribution in [1.82, 2.24) is 9.80 Å². The average molecular weight is 297 g/mol. The normalized spacial score (nSPS) is 30.2. The van der Waals surface area contributed by atoms with Crippen molar-refractivity contribution >= 4 is 6.03 Å². The van der Waals surface area contributed by atoms with Gasteiger partial charge in [0.05, 0.1) is 18.8 Å². The first-order valence-corrected chi connectivity index (χ1v) is 8.47. The molecule has 2 aliphatic rings. The van der Waals surface area contributed by atoms with Crippen molar-refractivity contribution in [3.05, 3.63) is 0 Å². The van der Waals surface area contributed by atoms with Crippen LogP contribution in [0.4, 0.5) is 4.79 Å². The minimum atomic E-state index is -0.136. The first kappa shape index (κ1) is 16.6. The second-order valence-corrected chi connectivity index (χ2v) is 6.66. The summed E-state index contributed by atoms with van der Waals surface area (Å²) >= 11 is 0. The molecule has 21 heavy (non-hydrogen) atoms. The van der Waals surface area contributed by atoms with Crippen molar-refractivity contribution in [1.29, 1.82) is 0 Å². The average Bonchev–Trinajstić information content (AvgIpc) is 2.52. The summed E-state index contributed by atoms with van der Waals surface area (Å²) in [6.45, 7) is 8.51. The highest BCUT2D eigenvalue weighted by Crippen LogP contribution is 2.37. The molecule has 122 valence electrons. The molecule has 5 heteroatoms. The van der Waals surface area contributed by atoms with Gasteiger partial charge in [-0.15, -0.1) is 0 Å². The molecule has 2 atom stereocenters. The number of nitrogens with two attached hydrogens (primary N) is 1. The van der Waals surface area contributed by atoms with Crippen LogP contribution in [-0.2, 0) is 4.74 Å². The SMILES string of the molecule is CCCN(C(=O)N1CCOCC1)C1(CN)CCCC(C)C1. The summed E-state index contributed by atoms with van der Waals surface area (Å²) in [5.41, 5.74) is 6.03. The summed E-state index contributed by atoms with van der Waals surface area (Å²) in [6.07, 6.45) is 5.50. The molecule has 2 fully saturated rings. The van der Waals surface area contributed by atoms with Gasteiger partial charge in [-0.2, -0.15) is 0 Å². The van der Waals surface area contributed by atoms with E-state index in [-0.39, 0.29) is 11.6 Å². The Hall–Kier alpha value is -0.810. The number of morpholine rings is 1. The van der Waals surface area contributed by atoms with Crippen molar-refractivity contribution in [2.75, 3.05) is 39.4 Å². The minimum absolute atomic E-state index is 0.136. The Morgan fingerprint density at radius 3 is 2.71 bits per heavy atom. The monoisotopic (exact) mass is 297 g/mol. The van der Waals surface area contributed by atoms with Crippen molar-refractivity contribution < 1.29 is 9.53 Å². The van der Waals surface area contributed by atoms with Crippen LogP contribution >= 0.6 is 0 Å². The van der Waals surface area contributed by atoms with E-state index in [4.69, 9.17) is 10.5 Å². The largest absolute Gasteiger partial charge is 0.378 e. The van der Waals surface area contributed by atoms with Crippen molar-refractivity contribution in [2.45, 2.75) is 51.5 Å². The number of nitrogens with zero attached hydrogens (tertiary/aromatic N) is 2. The lowest BCUT2D eigenvalue weighted by Gasteiger charge is -2.49. The van der Waals surface area contributed by atoms with Crippen molar-refractivity contribution in [2.24, 2.45) is 11.7 Å². The van der Waals surface area contributed by atoms with Gasteiger partial charge in [0, 0.05) is 26.2 Å². The molecule has 2 N–H and O–H groups in total. The highest BCUT2D eigenvalue weighted by atomic mass is 16.5. The molecule has 0 bridgehead atoms. The summed E-state index contributed by atoms with van der Waals surface area (Å²) in [6, 6.07) is 0.166. The number of hydrogen-bond acceptors (Lipinski definition) is 3. The zero-order chi connectivity index (χ0) is 15.3. The first-order valence-electron chi connectivity index (χ1n) is 8.47. The molecule has 1 aliphatic heterocycles. The van der Waals surface area contributed by atoms with E-state index in [9.17, 15) is 4.79 Å².